The fraction of sp³-hybridized carbons (Fsp3) is 0.375. The molecular weight excluding hydrogens is 396 g/mol. The van der Waals surface area contributed by atoms with Gasteiger partial charge in [0.2, 0.25) is 5.91 Å². The van der Waals surface area contributed by atoms with E-state index in [4.69, 9.17) is 18.9 Å². The number of carbonyl (C=O) groups is 1. The number of anilines is 2. The molecule has 166 valence electrons. The van der Waals surface area contributed by atoms with Crippen LogP contribution in [0.1, 0.15) is 19.4 Å². The van der Waals surface area contributed by atoms with Crippen LogP contribution in [0.15, 0.2) is 42.5 Å². The lowest BCUT2D eigenvalue weighted by atomic mass is 10.2. The quantitative estimate of drug-likeness (QED) is 0.612. The van der Waals surface area contributed by atoms with Crippen LogP contribution in [0.2, 0.25) is 0 Å². The highest BCUT2D eigenvalue weighted by Crippen LogP contribution is 2.39. The second-order valence-corrected chi connectivity index (χ2v) is 6.88. The molecule has 1 aliphatic heterocycles. The summed E-state index contributed by atoms with van der Waals surface area (Å²) in [4.78, 5) is 14.8. The molecule has 2 aromatic carbocycles. The van der Waals surface area contributed by atoms with Gasteiger partial charge in [0.05, 0.1) is 44.9 Å². The maximum Gasteiger partial charge on any atom is 0.248 e. The van der Waals surface area contributed by atoms with E-state index in [-0.39, 0.29) is 5.91 Å². The van der Waals surface area contributed by atoms with Crippen molar-refractivity contribution >= 4 is 23.4 Å². The molecule has 31 heavy (non-hydrogen) atoms. The predicted octanol–water partition coefficient (Wildman–Crippen LogP) is 3.98. The molecule has 1 fully saturated rings. The molecule has 0 unspecified atom stereocenters. The van der Waals surface area contributed by atoms with E-state index in [1.807, 2.05) is 50.2 Å². The number of benzene rings is 2. The van der Waals surface area contributed by atoms with Crippen molar-refractivity contribution in [1.82, 2.24) is 0 Å². The lowest BCUT2D eigenvalue weighted by molar-refractivity contribution is -0.111. The SMILES string of the molecule is CCOc1cc(N2CCOCC2)c(OCC)cc1NC(=O)/C=C/c1ccc(OC)cc1. The summed E-state index contributed by atoms with van der Waals surface area (Å²) in [5, 5.41) is 2.92. The van der Waals surface area contributed by atoms with Crippen LogP contribution in [0, 0.1) is 0 Å². The van der Waals surface area contributed by atoms with Crippen LogP contribution in [0.4, 0.5) is 11.4 Å². The molecule has 0 aliphatic carbocycles. The summed E-state index contributed by atoms with van der Waals surface area (Å²) in [7, 11) is 1.62. The second kappa shape index (κ2) is 11.3. The minimum atomic E-state index is -0.252. The first-order valence-electron chi connectivity index (χ1n) is 10.5. The molecule has 7 heteroatoms. The van der Waals surface area contributed by atoms with Crippen molar-refractivity contribution in [2.45, 2.75) is 13.8 Å². The molecule has 1 N–H and O–H groups in total. The van der Waals surface area contributed by atoms with Gasteiger partial charge in [0, 0.05) is 31.3 Å². The second-order valence-electron chi connectivity index (χ2n) is 6.88. The summed E-state index contributed by atoms with van der Waals surface area (Å²) in [6.45, 7) is 7.77. The molecule has 7 nitrogen and oxygen atoms in total. The largest absolute Gasteiger partial charge is 0.497 e. The third-order valence-corrected chi connectivity index (χ3v) is 4.81. The highest BCUT2D eigenvalue weighted by molar-refractivity contribution is 6.03. The van der Waals surface area contributed by atoms with Crippen LogP contribution < -0.4 is 24.4 Å². The van der Waals surface area contributed by atoms with Crippen LogP contribution in [-0.2, 0) is 9.53 Å². The Hall–Kier alpha value is -3.19. The molecule has 0 spiro atoms. The first-order valence-corrected chi connectivity index (χ1v) is 10.5. The van der Waals surface area contributed by atoms with Crippen molar-refractivity contribution in [3.05, 3.63) is 48.0 Å². The van der Waals surface area contributed by atoms with E-state index in [0.717, 1.165) is 30.1 Å². The maximum atomic E-state index is 12.6. The molecule has 0 saturated carbocycles. The monoisotopic (exact) mass is 426 g/mol. The van der Waals surface area contributed by atoms with Crippen molar-refractivity contribution < 1.29 is 23.7 Å². The Bertz CT molecular complexity index is 890. The van der Waals surface area contributed by atoms with Crippen LogP contribution >= 0.6 is 0 Å². The number of morpholine rings is 1. The third-order valence-electron chi connectivity index (χ3n) is 4.81. The number of nitrogens with one attached hydrogen (secondary N) is 1. The van der Waals surface area contributed by atoms with Crippen LogP contribution in [0.5, 0.6) is 17.2 Å². The predicted molar refractivity (Wildman–Crippen MR) is 122 cm³/mol. The summed E-state index contributed by atoms with van der Waals surface area (Å²) in [5.74, 6) is 1.84. The van der Waals surface area contributed by atoms with E-state index in [1.54, 1.807) is 13.2 Å². The Morgan fingerprint density at radius 1 is 1.06 bits per heavy atom. The molecule has 0 atom stereocenters. The first kappa shape index (κ1) is 22.5. The molecule has 1 aliphatic rings. The maximum absolute atomic E-state index is 12.6. The Morgan fingerprint density at radius 2 is 1.74 bits per heavy atom. The standard InChI is InChI=1S/C24H30N2O5/c1-4-30-22-17-21(26-12-14-29-15-13-26)23(31-5-2)16-20(22)25-24(27)11-8-18-6-9-19(28-3)10-7-18/h6-11,16-17H,4-5,12-15H2,1-3H3,(H,25,27)/b11-8+. The van der Waals surface area contributed by atoms with Crippen molar-refractivity contribution in [3.63, 3.8) is 0 Å². The molecule has 0 radical (unpaired) electrons. The van der Waals surface area contributed by atoms with Gasteiger partial charge in [-0.2, -0.15) is 0 Å². The van der Waals surface area contributed by atoms with Gasteiger partial charge in [-0.3, -0.25) is 4.79 Å². The average molecular weight is 427 g/mol. The number of carbonyl (C=O) groups excluding carboxylic acids is 1. The van der Waals surface area contributed by atoms with Crippen LogP contribution in [-0.4, -0.2) is 52.5 Å². The van der Waals surface area contributed by atoms with E-state index in [2.05, 4.69) is 10.2 Å². The van der Waals surface area contributed by atoms with Gasteiger partial charge < -0.3 is 29.2 Å². The smallest absolute Gasteiger partial charge is 0.248 e. The van der Waals surface area contributed by atoms with E-state index >= 15 is 0 Å². The highest BCUT2D eigenvalue weighted by Gasteiger charge is 2.20. The van der Waals surface area contributed by atoms with Gasteiger partial charge in [0.25, 0.3) is 0 Å². The van der Waals surface area contributed by atoms with E-state index in [0.29, 0.717) is 43.6 Å². The van der Waals surface area contributed by atoms with Gasteiger partial charge in [-0.15, -0.1) is 0 Å². The first-order chi connectivity index (χ1) is 15.1. The summed E-state index contributed by atoms with van der Waals surface area (Å²) < 4.78 is 22.3. The molecule has 3 rings (SSSR count). The Labute approximate surface area is 183 Å². The lowest BCUT2D eigenvalue weighted by Gasteiger charge is -2.31. The normalized spacial score (nSPS) is 13.8. The minimum Gasteiger partial charge on any atom is -0.497 e. The number of ether oxygens (including phenoxy) is 4. The van der Waals surface area contributed by atoms with Gasteiger partial charge in [-0.05, 0) is 37.6 Å². The molecule has 0 bridgehead atoms. The molecular formula is C24H30N2O5. The number of rotatable bonds is 9. The molecule has 0 aromatic heterocycles. The summed E-state index contributed by atoms with van der Waals surface area (Å²) in [6, 6.07) is 11.2. The van der Waals surface area contributed by atoms with Crippen LogP contribution in [0.3, 0.4) is 0 Å². The molecule has 1 amide bonds. The van der Waals surface area contributed by atoms with Crippen molar-refractivity contribution in [2.75, 3.05) is 56.8 Å². The van der Waals surface area contributed by atoms with Gasteiger partial charge in [0.15, 0.2) is 0 Å². The van der Waals surface area contributed by atoms with Gasteiger partial charge in [0.1, 0.15) is 17.2 Å². The van der Waals surface area contributed by atoms with Gasteiger partial charge >= 0.3 is 0 Å². The van der Waals surface area contributed by atoms with E-state index in [9.17, 15) is 4.79 Å². The zero-order valence-corrected chi connectivity index (χ0v) is 18.3. The highest BCUT2D eigenvalue weighted by atomic mass is 16.5. The van der Waals surface area contributed by atoms with E-state index < -0.39 is 0 Å². The zero-order valence-electron chi connectivity index (χ0n) is 18.3. The van der Waals surface area contributed by atoms with Gasteiger partial charge in [-0.1, -0.05) is 12.1 Å². The minimum absolute atomic E-state index is 0.252. The summed E-state index contributed by atoms with van der Waals surface area (Å²) in [6.07, 6.45) is 3.24. The van der Waals surface area contributed by atoms with Crippen molar-refractivity contribution in [1.29, 1.82) is 0 Å². The number of methoxy groups -OCH3 is 1. The molecule has 1 heterocycles. The molecule has 1 saturated heterocycles. The summed E-state index contributed by atoms with van der Waals surface area (Å²) in [5.41, 5.74) is 2.42. The Kier molecular flexibility index (Phi) is 8.18. The van der Waals surface area contributed by atoms with Crippen LogP contribution in [0.25, 0.3) is 6.08 Å². The average Bonchev–Trinajstić information content (AvgIpc) is 2.80. The van der Waals surface area contributed by atoms with E-state index in [1.165, 1.54) is 6.08 Å². The number of hydrogen-bond acceptors (Lipinski definition) is 6. The number of amides is 1. The third kappa shape index (κ3) is 6.15. The topological polar surface area (TPSA) is 69.3 Å². The van der Waals surface area contributed by atoms with Crippen molar-refractivity contribution in [2.24, 2.45) is 0 Å². The Balaban J connectivity index is 1.81. The summed E-state index contributed by atoms with van der Waals surface area (Å²) >= 11 is 0. The fourth-order valence-electron chi connectivity index (χ4n) is 3.31. The zero-order chi connectivity index (χ0) is 22.1. The Morgan fingerprint density at radius 3 is 2.39 bits per heavy atom. The number of hydrogen-bond donors (Lipinski definition) is 1. The van der Waals surface area contributed by atoms with Crippen molar-refractivity contribution in [3.8, 4) is 17.2 Å². The lowest BCUT2D eigenvalue weighted by Crippen LogP contribution is -2.36. The fourth-order valence-corrected chi connectivity index (χ4v) is 3.31. The number of nitrogens with zero attached hydrogens (tertiary/aromatic N) is 1. The van der Waals surface area contributed by atoms with Gasteiger partial charge in [-0.25, -0.2) is 0 Å². The molecule has 2 aromatic rings.